The zero-order valence-electron chi connectivity index (χ0n) is 20.8. The number of halogens is 1. The fourth-order valence-electron chi connectivity index (χ4n) is 5.07. The Hall–Kier alpha value is -3.20. The van der Waals surface area contributed by atoms with E-state index in [-0.39, 0.29) is 24.0 Å². The van der Waals surface area contributed by atoms with Gasteiger partial charge >= 0.3 is 0 Å². The van der Waals surface area contributed by atoms with Crippen molar-refractivity contribution in [3.63, 3.8) is 0 Å². The lowest BCUT2D eigenvalue weighted by molar-refractivity contribution is -0.128. The van der Waals surface area contributed by atoms with Gasteiger partial charge in [-0.15, -0.1) is 11.8 Å². The van der Waals surface area contributed by atoms with E-state index in [1.54, 1.807) is 11.8 Å². The number of amides is 2. The number of nitrogens with zero attached hydrogens (tertiary/aromatic N) is 3. The molecule has 38 heavy (non-hydrogen) atoms. The average Bonchev–Trinajstić information content (AvgIpc) is 3.56. The van der Waals surface area contributed by atoms with Crippen molar-refractivity contribution < 1.29 is 19.1 Å². The highest BCUT2D eigenvalue weighted by Crippen LogP contribution is 2.39. The Morgan fingerprint density at radius 3 is 2.34 bits per heavy atom. The molecule has 2 saturated heterocycles. The van der Waals surface area contributed by atoms with Gasteiger partial charge in [0.25, 0.3) is 5.91 Å². The maximum Gasteiger partial charge on any atom is 0.253 e. The van der Waals surface area contributed by atoms with Gasteiger partial charge in [-0.25, -0.2) is 0 Å². The second-order valence-electron chi connectivity index (χ2n) is 9.69. The standard InChI is InChI=1S/C29H28ClN3O4S/c30-24-8-1-20(2-9-24)17-33-27(34)18-38-29(33)23-6-4-22(5-7-23)28(35)32-13-11-31(12-14-32)16-21-3-10-25-26(15-21)37-19-36-25/h1-10,15,29H,11-14,16-19H2/t29-/m1/s1. The smallest absolute Gasteiger partial charge is 0.253 e. The van der Waals surface area contributed by atoms with E-state index in [1.165, 1.54) is 5.56 Å². The summed E-state index contributed by atoms with van der Waals surface area (Å²) in [7, 11) is 0. The molecule has 6 rings (SSSR count). The van der Waals surface area contributed by atoms with Crippen molar-refractivity contribution in [1.82, 2.24) is 14.7 Å². The van der Waals surface area contributed by atoms with Gasteiger partial charge < -0.3 is 19.3 Å². The molecule has 0 bridgehead atoms. The lowest BCUT2D eigenvalue weighted by Crippen LogP contribution is -2.48. The van der Waals surface area contributed by atoms with Gasteiger partial charge in [-0.3, -0.25) is 14.5 Å². The van der Waals surface area contributed by atoms with E-state index in [1.807, 2.05) is 70.5 Å². The molecule has 3 heterocycles. The third-order valence-electron chi connectivity index (χ3n) is 7.18. The van der Waals surface area contributed by atoms with E-state index >= 15 is 0 Å². The predicted molar refractivity (Wildman–Crippen MR) is 147 cm³/mol. The van der Waals surface area contributed by atoms with Crippen LogP contribution in [0.1, 0.15) is 32.4 Å². The van der Waals surface area contributed by atoms with E-state index < -0.39 is 0 Å². The lowest BCUT2D eigenvalue weighted by atomic mass is 10.1. The lowest BCUT2D eigenvalue weighted by Gasteiger charge is -2.35. The summed E-state index contributed by atoms with van der Waals surface area (Å²) in [6, 6.07) is 21.4. The maximum atomic E-state index is 13.2. The highest BCUT2D eigenvalue weighted by atomic mass is 35.5. The normalized spacial score (nSPS) is 19.3. The fourth-order valence-corrected chi connectivity index (χ4v) is 6.38. The zero-order valence-corrected chi connectivity index (χ0v) is 22.4. The van der Waals surface area contributed by atoms with Crippen LogP contribution in [0.15, 0.2) is 66.7 Å². The first-order valence-corrected chi connectivity index (χ1v) is 14.1. The van der Waals surface area contributed by atoms with Crippen molar-refractivity contribution in [2.45, 2.75) is 18.5 Å². The Morgan fingerprint density at radius 2 is 1.58 bits per heavy atom. The summed E-state index contributed by atoms with van der Waals surface area (Å²) >= 11 is 7.63. The molecule has 196 valence electrons. The van der Waals surface area contributed by atoms with Crippen LogP contribution in [0.5, 0.6) is 11.5 Å². The first-order valence-electron chi connectivity index (χ1n) is 12.7. The molecule has 0 aliphatic carbocycles. The summed E-state index contributed by atoms with van der Waals surface area (Å²) in [6.45, 7) is 4.64. The van der Waals surface area contributed by atoms with Crippen LogP contribution < -0.4 is 9.47 Å². The highest BCUT2D eigenvalue weighted by molar-refractivity contribution is 8.00. The number of rotatable bonds is 6. The molecular formula is C29H28ClN3O4S. The zero-order chi connectivity index (χ0) is 26.1. The SMILES string of the molecule is O=C(c1ccc([C@H]2SCC(=O)N2Cc2ccc(Cl)cc2)cc1)N1CCN(Cc2ccc3c(c2)OCO3)CC1. The second kappa shape index (κ2) is 10.9. The minimum absolute atomic E-state index is 0.0486. The van der Waals surface area contributed by atoms with Gasteiger partial charge in [-0.2, -0.15) is 0 Å². The number of benzene rings is 3. The van der Waals surface area contributed by atoms with E-state index in [0.29, 0.717) is 36.0 Å². The molecule has 2 amide bonds. The number of piperazine rings is 1. The first-order chi connectivity index (χ1) is 18.5. The van der Waals surface area contributed by atoms with Crippen LogP contribution in [0.4, 0.5) is 0 Å². The Balaban J connectivity index is 1.05. The number of hydrogen-bond donors (Lipinski definition) is 0. The van der Waals surface area contributed by atoms with E-state index in [2.05, 4.69) is 11.0 Å². The summed E-state index contributed by atoms with van der Waals surface area (Å²) in [5.41, 5.74) is 3.93. The molecule has 2 fully saturated rings. The van der Waals surface area contributed by atoms with Crippen LogP contribution in [-0.4, -0.2) is 65.2 Å². The highest BCUT2D eigenvalue weighted by Gasteiger charge is 2.33. The van der Waals surface area contributed by atoms with Crippen molar-refractivity contribution in [1.29, 1.82) is 0 Å². The van der Waals surface area contributed by atoms with Crippen LogP contribution in [0.2, 0.25) is 5.02 Å². The largest absolute Gasteiger partial charge is 0.454 e. The van der Waals surface area contributed by atoms with Crippen LogP contribution >= 0.6 is 23.4 Å². The first kappa shape index (κ1) is 25.1. The molecule has 0 aromatic heterocycles. The van der Waals surface area contributed by atoms with Gasteiger partial charge in [0.05, 0.1) is 5.75 Å². The molecule has 0 unspecified atom stereocenters. The molecular weight excluding hydrogens is 522 g/mol. The van der Waals surface area contributed by atoms with E-state index in [4.69, 9.17) is 21.1 Å². The van der Waals surface area contributed by atoms with Crippen molar-refractivity contribution in [3.8, 4) is 11.5 Å². The topological polar surface area (TPSA) is 62.3 Å². The van der Waals surface area contributed by atoms with Gasteiger partial charge in [0.15, 0.2) is 11.5 Å². The molecule has 3 aromatic carbocycles. The van der Waals surface area contributed by atoms with Crippen molar-refractivity contribution in [2.24, 2.45) is 0 Å². The monoisotopic (exact) mass is 549 g/mol. The Kier molecular flexibility index (Phi) is 7.19. The molecule has 7 nitrogen and oxygen atoms in total. The molecule has 0 saturated carbocycles. The summed E-state index contributed by atoms with van der Waals surface area (Å²) in [4.78, 5) is 32.0. The summed E-state index contributed by atoms with van der Waals surface area (Å²) in [5, 5.41) is 0.612. The third-order valence-corrected chi connectivity index (χ3v) is 8.69. The van der Waals surface area contributed by atoms with Crippen LogP contribution in [-0.2, 0) is 17.9 Å². The predicted octanol–water partition coefficient (Wildman–Crippen LogP) is 4.80. The van der Waals surface area contributed by atoms with E-state index in [9.17, 15) is 9.59 Å². The second-order valence-corrected chi connectivity index (χ2v) is 11.2. The quantitative estimate of drug-likeness (QED) is 0.440. The van der Waals surface area contributed by atoms with E-state index in [0.717, 1.165) is 42.3 Å². The van der Waals surface area contributed by atoms with Crippen molar-refractivity contribution >= 4 is 35.2 Å². The molecule has 1 atom stereocenters. The number of carbonyl (C=O) groups is 2. The fraction of sp³-hybridized carbons (Fsp3) is 0.310. The molecule has 9 heteroatoms. The third kappa shape index (κ3) is 5.34. The van der Waals surface area contributed by atoms with Gasteiger partial charge in [0.1, 0.15) is 5.37 Å². The Labute approximate surface area is 231 Å². The average molecular weight is 550 g/mol. The molecule has 0 radical (unpaired) electrons. The van der Waals surface area contributed by atoms with Gasteiger partial charge in [-0.05, 0) is 53.1 Å². The minimum atomic E-state index is -0.0675. The van der Waals surface area contributed by atoms with Gasteiger partial charge in [0, 0.05) is 49.9 Å². The summed E-state index contributed by atoms with van der Waals surface area (Å²) in [5.74, 6) is 2.21. The van der Waals surface area contributed by atoms with Crippen molar-refractivity contribution in [2.75, 3.05) is 38.7 Å². The van der Waals surface area contributed by atoms with Gasteiger partial charge in [-0.1, -0.05) is 41.9 Å². The summed E-state index contributed by atoms with van der Waals surface area (Å²) in [6.07, 6.45) is 0. The molecule has 0 spiro atoms. The minimum Gasteiger partial charge on any atom is -0.454 e. The number of ether oxygens (including phenoxy) is 2. The number of thioether (sulfide) groups is 1. The Morgan fingerprint density at radius 1 is 0.868 bits per heavy atom. The van der Waals surface area contributed by atoms with Crippen molar-refractivity contribution in [3.05, 3.63) is 94.0 Å². The molecule has 3 aliphatic heterocycles. The number of fused-ring (bicyclic) bond motifs is 1. The number of carbonyl (C=O) groups excluding carboxylic acids is 2. The maximum absolute atomic E-state index is 13.2. The van der Waals surface area contributed by atoms with Crippen LogP contribution in [0.25, 0.3) is 0 Å². The summed E-state index contributed by atoms with van der Waals surface area (Å²) < 4.78 is 10.9. The molecule has 3 aromatic rings. The Bertz CT molecular complexity index is 1330. The molecule has 0 N–H and O–H groups in total. The number of hydrogen-bond acceptors (Lipinski definition) is 6. The van der Waals surface area contributed by atoms with Crippen LogP contribution in [0.3, 0.4) is 0 Å². The van der Waals surface area contributed by atoms with Gasteiger partial charge in [0.2, 0.25) is 12.7 Å². The molecule has 3 aliphatic rings. The van der Waals surface area contributed by atoms with Crippen LogP contribution in [0, 0.1) is 0 Å².